The van der Waals surface area contributed by atoms with E-state index < -0.39 is 0 Å². The Kier molecular flexibility index (Phi) is 4.53. The summed E-state index contributed by atoms with van der Waals surface area (Å²) in [5, 5.41) is 1.09. The monoisotopic (exact) mass is 392 g/mol. The first-order chi connectivity index (χ1) is 13.1. The summed E-state index contributed by atoms with van der Waals surface area (Å²) in [5.41, 5.74) is 2.29. The molecule has 1 aromatic heterocycles. The zero-order chi connectivity index (χ0) is 19.0. The summed E-state index contributed by atoms with van der Waals surface area (Å²) in [5.74, 6) is 2.27. The Labute approximate surface area is 165 Å². The Morgan fingerprint density at radius 3 is 2.74 bits per heavy atom. The molecule has 0 bridgehead atoms. The minimum atomic E-state index is -0.360. The van der Waals surface area contributed by atoms with E-state index in [-0.39, 0.29) is 11.1 Å². The van der Waals surface area contributed by atoms with Gasteiger partial charge in [-0.2, -0.15) is 0 Å². The van der Waals surface area contributed by atoms with Gasteiger partial charge in [0, 0.05) is 27.7 Å². The van der Waals surface area contributed by atoms with Crippen LogP contribution >= 0.6 is 23.4 Å². The molecule has 3 aromatic rings. The molecule has 0 N–H and O–H groups in total. The number of nitrogens with zero attached hydrogens (tertiary/aromatic N) is 2. The van der Waals surface area contributed by atoms with Crippen molar-refractivity contribution in [3.8, 4) is 12.3 Å². The lowest BCUT2D eigenvalue weighted by molar-refractivity contribution is -0.113. The highest BCUT2D eigenvalue weighted by atomic mass is 35.5. The number of fused-ring (bicyclic) bond motifs is 1. The summed E-state index contributed by atoms with van der Waals surface area (Å²) in [6.07, 6.45) is 9.09. The molecule has 1 saturated heterocycles. The quantitative estimate of drug-likeness (QED) is 0.456. The van der Waals surface area contributed by atoms with Crippen LogP contribution in [-0.4, -0.2) is 15.7 Å². The van der Waals surface area contributed by atoms with E-state index in [0.717, 1.165) is 33.1 Å². The molecule has 27 heavy (non-hydrogen) atoms. The average Bonchev–Trinajstić information content (AvgIpc) is 3.13. The molecule has 2 amide bonds. The molecular formula is C21H13ClN2O2S. The van der Waals surface area contributed by atoms with Crippen molar-refractivity contribution < 1.29 is 9.59 Å². The highest BCUT2D eigenvalue weighted by Crippen LogP contribution is 2.37. The van der Waals surface area contributed by atoms with Crippen molar-refractivity contribution in [1.82, 2.24) is 4.57 Å². The topological polar surface area (TPSA) is 42.3 Å². The van der Waals surface area contributed by atoms with Crippen LogP contribution in [0.2, 0.25) is 5.02 Å². The van der Waals surface area contributed by atoms with Gasteiger partial charge < -0.3 is 4.57 Å². The Morgan fingerprint density at radius 2 is 1.96 bits per heavy atom. The van der Waals surface area contributed by atoms with Gasteiger partial charge in [0.15, 0.2) is 0 Å². The normalized spacial score (nSPS) is 15.7. The first-order valence-corrected chi connectivity index (χ1v) is 9.33. The predicted molar refractivity (Wildman–Crippen MR) is 111 cm³/mol. The number of anilines is 1. The highest BCUT2D eigenvalue weighted by Gasteiger charge is 2.36. The van der Waals surface area contributed by atoms with Gasteiger partial charge in [-0.1, -0.05) is 41.8 Å². The number of para-hydroxylation sites is 1. The van der Waals surface area contributed by atoms with Gasteiger partial charge in [0.1, 0.15) is 0 Å². The lowest BCUT2D eigenvalue weighted by atomic mass is 10.1. The molecule has 0 atom stereocenters. The molecule has 1 aliphatic rings. The number of carbonyl (C=O) groups is 2. The van der Waals surface area contributed by atoms with Crippen LogP contribution in [0.3, 0.4) is 0 Å². The number of imide groups is 1. The molecule has 1 fully saturated rings. The van der Waals surface area contributed by atoms with Gasteiger partial charge in [0.25, 0.3) is 11.1 Å². The fourth-order valence-electron chi connectivity index (χ4n) is 3.07. The molecule has 4 rings (SSSR count). The van der Waals surface area contributed by atoms with Crippen LogP contribution in [0.1, 0.15) is 5.56 Å². The van der Waals surface area contributed by atoms with Crippen molar-refractivity contribution >= 4 is 57.2 Å². The number of rotatable bonds is 3. The van der Waals surface area contributed by atoms with Crippen LogP contribution < -0.4 is 4.90 Å². The molecule has 2 heterocycles. The van der Waals surface area contributed by atoms with Crippen molar-refractivity contribution in [1.29, 1.82) is 0 Å². The second kappa shape index (κ2) is 6.99. The Hall–Kier alpha value is -2.94. The van der Waals surface area contributed by atoms with Crippen LogP contribution in [-0.2, 0) is 11.3 Å². The van der Waals surface area contributed by atoms with Crippen LogP contribution in [0.25, 0.3) is 17.0 Å². The number of thioether (sulfide) groups is 1. The second-order valence-electron chi connectivity index (χ2n) is 5.93. The number of halogens is 1. The van der Waals surface area contributed by atoms with Gasteiger partial charge in [-0.05, 0) is 42.1 Å². The number of hydrogen-bond donors (Lipinski definition) is 0. The Morgan fingerprint density at radius 1 is 1.15 bits per heavy atom. The molecule has 0 aliphatic carbocycles. The largest absolute Gasteiger partial charge is 0.335 e. The minimum Gasteiger partial charge on any atom is -0.335 e. The van der Waals surface area contributed by atoms with E-state index in [9.17, 15) is 9.59 Å². The third kappa shape index (κ3) is 3.14. The summed E-state index contributed by atoms with van der Waals surface area (Å²) in [4.78, 5) is 26.8. The number of terminal acetylenes is 1. The molecule has 4 nitrogen and oxygen atoms in total. The molecule has 0 spiro atoms. The number of hydrogen-bond acceptors (Lipinski definition) is 3. The lowest BCUT2D eigenvalue weighted by Gasteiger charge is -2.12. The van der Waals surface area contributed by atoms with Gasteiger partial charge in [-0.15, -0.1) is 6.42 Å². The number of amides is 2. The third-order valence-electron chi connectivity index (χ3n) is 4.23. The average molecular weight is 393 g/mol. The van der Waals surface area contributed by atoms with Gasteiger partial charge >= 0.3 is 0 Å². The molecule has 0 radical (unpaired) electrons. The fraction of sp³-hybridized carbons (Fsp3) is 0.0476. The first-order valence-electron chi connectivity index (χ1n) is 8.13. The fourth-order valence-corrected chi connectivity index (χ4v) is 4.08. The van der Waals surface area contributed by atoms with E-state index in [1.807, 2.05) is 35.0 Å². The van der Waals surface area contributed by atoms with Gasteiger partial charge in [-0.25, -0.2) is 4.90 Å². The second-order valence-corrected chi connectivity index (χ2v) is 7.36. The van der Waals surface area contributed by atoms with Crippen LogP contribution in [0, 0.1) is 12.3 Å². The molecule has 6 heteroatoms. The van der Waals surface area contributed by atoms with E-state index in [4.69, 9.17) is 18.0 Å². The van der Waals surface area contributed by atoms with Crippen molar-refractivity contribution in [2.75, 3.05) is 4.90 Å². The zero-order valence-electron chi connectivity index (χ0n) is 14.1. The molecule has 0 saturated carbocycles. The summed E-state index contributed by atoms with van der Waals surface area (Å²) in [6.45, 7) is 0.429. The van der Waals surface area contributed by atoms with Crippen LogP contribution in [0.15, 0.2) is 59.6 Å². The van der Waals surface area contributed by atoms with E-state index in [0.29, 0.717) is 22.2 Å². The van der Waals surface area contributed by atoms with E-state index >= 15 is 0 Å². The number of carbonyl (C=O) groups excluding carboxylic acids is 2. The van der Waals surface area contributed by atoms with Crippen LogP contribution in [0.4, 0.5) is 10.5 Å². The third-order valence-corrected chi connectivity index (χ3v) is 5.33. The highest BCUT2D eigenvalue weighted by molar-refractivity contribution is 8.19. The van der Waals surface area contributed by atoms with Gasteiger partial charge in [0.05, 0.1) is 17.1 Å². The SMILES string of the molecule is C#CCn1cc(/C=C2/SC(=O)N(c3cccc(Cl)c3)C2=O)c2ccccc21. The minimum absolute atomic E-state index is 0.346. The summed E-state index contributed by atoms with van der Waals surface area (Å²) < 4.78 is 1.95. The summed E-state index contributed by atoms with van der Waals surface area (Å²) in [7, 11) is 0. The van der Waals surface area contributed by atoms with Gasteiger partial charge in [0.2, 0.25) is 0 Å². The predicted octanol–water partition coefficient (Wildman–Crippen LogP) is 5.17. The smallest absolute Gasteiger partial charge is 0.298 e. The first kappa shape index (κ1) is 17.5. The Balaban J connectivity index is 1.76. The molecule has 0 unspecified atom stereocenters. The standard InChI is InChI=1S/C21H13ClN2O2S/c1-2-10-23-13-14(17-8-3-4-9-18(17)23)11-19-20(25)24(21(26)27-19)16-7-5-6-15(22)12-16/h1,3-9,11-13H,10H2/b19-11+. The molecule has 132 valence electrons. The zero-order valence-corrected chi connectivity index (χ0v) is 15.6. The maximum atomic E-state index is 12.8. The summed E-state index contributed by atoms with van der Waals surface area (Å²) in [6, 6.07) is 14.5. The molecular weight excluding hydrogens is 380 g/mol. The number of aromatic nitrogens is 1. The maximum absolute atomic E-state index is 12.8. The maximum Gasteiger partial charge on any atom is 0.298 e. The Bertz CT molecular complexity index is 1160. The van der Waals surface area contributed by atoms with Crippen molar-refractivity contribution in [3.05, 3.63) is 70.2 Å². The van der Waals surface area contributed by atoms with E-state index in [2.05, 4.69) is 5.92 Å². The molecule has 1 aliphatic heterocycles. The van der Waals surface area contributed by atoms with Crippen molar-refractivity contribution in [2.45, 2.75) is 6.54 Å². The number of benzene rings is 2. The van der Waals surface area contributed by atoms with E-state index in [1.165, 1.54) is 0 Å². The lowest BCUT2D eigenvalue weighted by Crippen LogP contribution is -2.27. The van der Waals surface area contributed by atoms with Crippen molar-refractivity contribution in [3.63, 3.8) is 0 Å². The molecule has 2 aromatic carbocycles. The van der Waals surface area contributed by atoms with Crippen LogP contribution in [0.5, 0.6) is 0 Å². The van der Waals surface area contributed by atoms with Crippen molar-refractivity contribution in [2.24, 2.45) is 0 Å². The van der Waals surface area contributed by atoms with E-state index in [1.54, 1.807) is 30.3 Å². The summed E-state index contributed by atoms with van der Waals surface area (Å²) >= 11 is 6.91. The van der Waals surface area contributed by atoms with Gasteiger partial charge in [-0.3, -0.25) is 9.59 Å².